The Morgan fingerprint density at radius 3 is 1.04 bits per heavy atom. The predicted octanol–water partition coefficient (Wildman–Crippen LogP) is 15.0. The van der Waals surface area contributed by atoms with Gasteiger partial charge in [-0.25, -0.2) is 0 Å². The second-order valence-corrected chi connectivity index (χ2v) is 21.5. The quantitative estimate of drug-likeness (QED) is 0.0330. The maximum atomic E-state index is 13.1. The fourth-order valence-electron chi connectivity index (χ4n) is 10.2. The Labute approximate surface area is 421 Å². The van der Waals surface area contributed by atoms with Crippen molar-refractivity contribution >= 4 is 5.91 Å². The molecule has 7 unspecified atom stereocenters. The van der Waals surface area contributed by atoms with Crippen molar-refractivity contribution in [2.75, 3.05) is 13.2 Å². The molecular weight excluding hydrogens is 851 g/mol. The lowest BCUT2D eigenvalue weighted by Crippen LogP contribution is -2.60. The highest BCUT2D eigenvalue weighted by molar-refractivity contribution is 5.76. The molecule has 68 heavy (non-hydrogen) atoms. The summed E-state index contributed by atoms with van der Waals surface area (Å²) in [6, 6.07) is -0.714. The zero-order chi connectivity index (χ0) is 49.4. The number of nitrogens with one attached hydrogen (secondary N) is 1. The van der Waals surface area contributed by atoms with Crippen molar-refractivity contribution in [1.29, 1.82) is 0 Å². The van der Waals surface area contributed by atoms with Gasteiger partial charge in [0.1, 0.15) is 24.4 Å². The van der Waals surface area contributed by atoms with Crippen molar-refractivity contribution in [2.24, 2.45) is 0 Å². The molecule has 9 nitrogen and oxygen atoms in total. The highest BCUT2D eigenvalue weighted by atomic mass is 16.7. The minimum atomic E-state index is -1.55. The van der Waals surface area contributed by atoms with Crippen LogP contribution in [0.3, 0.4) is 0 Å². The summed E-state index contributed by atoms with van der Waals surface area (Å²) in [5, 5.41) is 54.7. The number of unbranched alkanes of at least 4 members (excludes halogenated alkanes) is 43. The van der Waals surface area contributed by atoms with Gasteiger partial charge in [0.2, 0.25) is 5.91 Å². The Balaban J connectivity index is 2.17. The molecule has 9 heteroatoms. The molecule has 0 spiro atoms. The molecular formula is C59H117NO8. The number of ether oxygens (including phenoxy) is 2. The van der Waals surface area contributed by atoms with Crippen molar-refractivity contribution in [2.45, 2.75) is 358 Å². The zero-order valence-corrected chi connectivity index (χ0v) is 45.2. The largest absolute Gasteiger partial charge is 0.394 e. The molecule has 0 aliphatic carbocycles. The van der Waals surface area contributed by atoms with Gasteiger partial charge in [-0.3, -0.25) is 4.79 Å². The Morgan fingerprint density at radius 1 is 0.441 bits per heavy atom. The average molecular weight is 969 g/mol. The summed E-state index contributed by atoms with van der Waals surface area (Å²) in [5.41, 5.74) is 0. The zero-order valence-electron chi connectivity index (χ0n) is 45.2. The highest BCUT2D eigenvalue weighted by Gasteiger charge is 2.44. The van der Waals surface area contributed by atoms with Crippen LogP contribution in [0, 0.1) is 0 Å². The van der Waals surface area contributed by atoms with Crippen LogP contribution in [0.1, 0.15) is 316 Å². The van der Waals surface area contributed by atoms with Crippen LogP contribution in [-0.2, 0) is 14.3 Å². The van der Waals surface area contributed by atoms with Gasteiger partial charge in [-0.15, -0.1) is 0 Å². The monoisotopic (exact) mass is 968 g/mol. The van der Waals surface area contributed by atoms with E-state index in [2.05, 4.69) is 19.2 Å². The van der Waals surface area contributed by atoms with Crippen molar-refractivity contribution in [3.63, 3.8) is 0 Å². The molecule has 0 saturated carbocycles. The van der Waals surface area contributed by atoms with Gasteiger partial charge < -0.3 is 40.3 Å². The summed E-state index contributed by atoms with van der Waals surface area (Å²) in [6.45, 7) is 3.89. The molecule has 0 aromatic heterocycles. The standard InChI is InChI=1S/C59H117NO8/c1-3-5-7-9-11-13-15-17-19-21-23-25-26-27-29-31-33-35-37-39-41-43-45-47-49-55(63)60-52(51-67-59-58(66)57(65)56(64)54(50-61)68-59)53(62)48-46-44-42-40-38-36-34-32-30-28-24-22-20-18-16-14-12-10-8-6-4-2/h52-54,56-59,61-62,64-66H,3-51H2,1-2H3,(H,60,63). The smallest absolute Gasteiger partial charge is 0.220 e. The summed E-state index contributed by atoms with van der Waals surface area (Å²) in [6.07, 6.45) is 52.8. The Kier molecular flexibility index (Phi) is 47.7. The van der Waals surface area contributed by atoms with Crippen LogP contribution < -0.4 is 5.32 Å². The summed E-state index contributed by atoms with van der Waals surface area (Å²) in [7, 11) is 0. The minimum Gasteiger partial charge on any atom is -0.394 e. The van der Waals surface area contributed by atoms with E-state index in [0.717, 1.165) is 38.5 Å². The van der Waals surface area contributed by atoms with E-state index >= 15 is 0 Å². The van der Waals surface area contributed by atoms with Crippen LogP contribution in [0.25, 0.3) is 0 Å². The van der Waals surface area contributed by atoms with Gasteiger partial charge in [0, 0.05) is 6.42 Å². The lowest BCUT2D eigenvalue weighted by molar-refractivity contribution is -0.302. The number of hydrogen-bond donors (Lipinski definition) is 6. The van der Waals surface area contributed by atoms with Gasteiger partial charge in [-0.2, -0.15) is 0 Å². The first-order valence-electron chi connectivity index (χ1n) is 30.2. The number of rotatable bonds is 53. The molecule has 0 aromatic carbocycles. The summed E-state index contributed by atoms with van der Waals surface area (Å²) in [5.74, 6) is -0.135. The SMILES string of the molecule is CCCCCCCCCCCCCCCCCCCCCCCCCCC(=O)NC(COC1OC(CO)C(O)C(O)C1O)C(O)CCCCCCCCCCCCCCCCCCCCCCC. The molecule has 0 radical (unpaired) electrons. The fraction of sp³-hybridized carbons (Fsp3) is 0.983. The predicted molar refractivity (Wildman–Crippen MR) is 286 cm³/mol. The van der Waals surface area contributed by atoms with Crippen LogP contribution in [-0.4, -0.2) is 87.5 Å². The molecule has 406 valence electrons. The van der Waals surface area contributed by atoms with Crippen LogP contribution in [0.15, 0.2) is 0 Å². The van der Waals surface area contributed by atoms with E-state index in [4.69, 9.17) is 9.47 Å². The third-order valence-corrected chi connectivity index (χ3v) is 15.0. The van der Waals surface area contributed by atoms with E-state index in [1.165, 1.54) is 250 Å². The Morgan fingerprint density at radius 2 is 0.735 bits per heavy atom. The Bertz CT molecular complexity index is 1030. The van der Waals surface area contributed by atoms with Crippen LogP contribution in [0.2, 0.25) is 0 Å². The van der Waals surface area contributed by atoms with Crippen molar-refractivity contribution in [3.8, 4) is 0 Å². The molecule has 6 N–H and O–H groups in total. The topological polar surface area (TPSA) is 149 Å². The summed E-state index contributed by atoms with van der Waals surface area (Å²) < 4.78 is 11.3. The third-order valence-electron chi connectivity index (χ3n) is 15.0. The molecule has 1 saturated heterocycles. The van der Waals surface area contributed by atoms with Gasteiger partial charge in [0.25, 0.3) is 0 Å². The van der Waals surface area contributed by atoms with Crippen molar-refractivity contribution < 1.29 is 39.8 Å². The van der Waals surface area contributed by atoms with Crippen LogP contribution >= 0.6 is 0 Å². The average Bonchev–Trinajstić information content (AvgIpc) is 3.34. The number of aliphatic hydroxyl groups is 5. The molecule has 1 aliphatic rings. The van der Waals surface area contributed by atoms with E-state index in [9.17, 15) is 30.3 Å². The second-order valence-electron chi connectivity index (χ2n) is 21.5. The maximum absolute atomic E-state index is 13.1. The number of carbonyl (C=O) groups is 1. The van der Waals surface area contributed by atoms with E-state index in [-0.39, 0.29) is 12.5 Å². The first-order chi connectivity index (χ1) is 33.3. The number of aliphatic hydroxyl groups excluding tert-OH is 5. The molecule has 1 heterocycles. The molecule has 0 bridgehead atoms. The molecule has 7 atom stereocenters. The fourth-order valence-corrected chi connectivity index (χ4v) is 10.2. The maximum Gasteiger partial charge on any atom is 0.220 e. The van der Waals surface area contributed by atoms with Crippen molar-refractivity contribution in [3.05, 3.63) is 0 Å². The van der Waals surface area contributed by atoms with Crippen LogP contribution in [0.5, 0.6) is 0 Å². The van der Waals surface area contributed by atoms with E-state index in [0.29, 0.717) is 12.8 Å². The van der Waals surface area contributed by atoms with E-state index in [1.54, 1.807) is 0 Å². The lowest BCUT2D eigenvalue weighted by atomic mass is 9.99. The summed E-state index contributed by atoms with van der Waals surface area (Å²) in [4.78, 5) is 13.1. The third kappa shape index (κ3) is 38.8. The molecule has 1 rings (SSSR count). The van der Waals surface area contributed by atoms with E-state index in [1.807, 2.05) is 0 Å². The van der Waals surface area contributed by atoms with Crippen LogP contribution in [0.4, 0.5) is 0 Å². The van der Waals surface area contributed by atoms with Gasteiger partial charge >= 0.3 is 0 Å². The van der Waals surface area contributed by atoms with Crippen molar-refractivity contribution in [1.82, 2.24) is 5.32 Å². The molecule has 1 amide bonds. The first kappa shape index (κ1) is 65.2. The number of carbonyl (C=O) groups excluding carboxylic acids is 1. The molecule has 1 fully saturated rings. The first-order valence-corrected chi connectivity index (χ1v) is 30.2. The lowest BCUT2D eigenvalue weighted by Gasteiger charge is -2.40. The number of hydrogen-bond acceptors (Lipinski definition) is 8. The number of amides is 1. The minimum absolute atomic E-state index is 0.131. The second kappa shape index (κ2) is 49.8. The molecule has 0 aromatic rings. The van der Waals surface area contributed by atoms with Gasteiger partial charge in [-0.05, 0) is 12.8 Å². The summed E-state index contributed by atoms with van der Waals surface area (Å²) >= 11 is 0. The normalized spacial score (nSPS) is 19.4. The Hall–Kier alpha value is -0.810. The van der Waals surface area contributed by atoms with Gasteiger partial charge in [0.05, 0.1) is 25.4 Å². The van der Waals surface area contributed by atoms with Gasteiger partial charge in [0.15, 0.2) is 6.29 Å². The van der Waals surface area contributed by atoms with E-state index < -0.39 is 49.5 Å². The molecule has 1 aliphatic heterocycles. The van der Waals surface area contributed by atoms with Gasteiger partial charge in [-0.1, -0.05) is 296 Å². The highest BCUT2D eigenvalue weighted by Crippen LogP contribution is 2.24.